The van der Waals surface area contributed by atoms with Crippen LogP contribution in [0.4, 0.5) is 0 Å². The first kappa shape index (κ1) is 13.5. The maximum absolute atomic E-state index is 12.5. The Hall–Kier alpha value is -2.21. The third kappa shape index (κ3) is 2.50. The van der Waals surface area contributed by atoms with Crippen LogP contribution in [0.3, 0.4) is 0 Å². The van der Waals surface area contributed by atoms with Crippen LogP contribution in [-0.4, -0.2) is 20.3 Å². The molecule has 1 aliphatic carbocycles. The number of fused-ring (bicyclic) bond motifs is 1. The van der Waals surface area contributed by atoms with Gasteiger partial charge in [-0.15, -0.1) is 11.3 Å². The van der Waals surface area contributed by atoms with Gasteiger partial charge in [0.05, 0.1) is 11.7 Å². The Bertz CT molecular complexity index is 805. The van der Waals surface area contributed by atoms with E-state index in [9.17, 15) is 4.79 Å². The molecule has 0 saturated heterocycles. The highest BCUT2D eigenvalue weighted by Crippen LogP contribution is 2.40. The van der Waals surface area contributed by atoms with E-state index in [1.54, 1.807) is 12.4 Å². The summed E-state index contributed by atoms with van der Waals surface area (Å²) >= 11 is 1.52. The maximum Gasteiger partial charge on any atom is 0.272 e. The molecule has 1 N–H and O–H groups in total. The summed E-state index contributed by atoms with van der Waals surface area (Å²) in [4.78, 5) is 22.1. The summed E-state index contributed by atoms with van der Waals surface area (Å²) in [5.41, 5.74) is 2.56. The minimum atomic E-state index is -0.129. The molecule has 3 heterocycles. The van der Waals surface area contributed by atoms with Crippen LogP contribution in [0, 0.1) is 12.8 Å². The smallest absolute Gasteiger partial charge is 0.272 e. The third-order valence-corrected chi connectivity index (χ3v) is 4.73. The number of hydrogen-bond donors (Lipinski definition) is 1. The Kier molecular flexibility index (Phi) is 3.18. The van der Waals surface area contributed by atoms with E-state index in [0.29, 0.717) is 11.6 Å². The summed E-state index contributed by atoms with van der Waals surface area (Å²) in [7, 11) is 0. The fourth-order valence-electron chi connectivity index (χ4n) is 2.64. The standard InChI is InChI=1S/C16H16N4OS/c1-10-4-5-17-12(8-10)14(11-2-3-11)19-15(21)13-9-20-6-7-22-16(20)18-13/h4-9,11,14H,2-3H2,1H3,(H,19,21)/t14-/m1/s1. The Morgan fingerprint density at radius 3 is 3.09 bits per heavy atom. The van der Waals surface area contributed by atoms with Gasteiger partial charge in [0.2, 0.25) is 0 Å². The maximum atomic E-state index is 12.5. The quantitative estimate of drug-likeness (QED) is 0.805. The van der Waals surface area contributed by atoms with Crippen LogP contribution in [0.2, 0.25) is 0 Å². The zero-order chi connectivity index (χ0) is 15.1. The molecule has 0 spiro atoms. The molecule has 22 heavy (non-hydrogen) atoms. The largest absolute Gasteiger partial charge is 0.342 e. The molecule has 112 valence electrons. The lowest BCUT2D eigenvalue weighted by Crippen LogP contribution is -2.30. The molecule has 1 amide bonds. The van der Waals surface area contributed by atoms with Gasteiger partial charge < -0.3 is 5.32 Å². The van der Waals surface area contributed by atoms with Crippen molar-refractivity contribution in [1.29, 1.82) is 0 Å². The number of nitrogens with one attached hydrogen (secondary N) is 1. The molecule has 1 aliphatic rings. The molecule has 5 nitrogen and oxygen atoms in total. The second kappa shape index (κ2) is 5.21. The van der Waals surface area contributed by atoms with Crippen LogP contribution in [-0.2, 0) is 0 Å². The van der Waals surface area contributed by atoms with E-state index in [2.05, 4.69) is 21.4 Å². The van der Waals surface area contributed by atoms with Crippen molar-refractivity contribution in [3.05, 3.63) is 53.1 Å². The van der Waals surface area contributed by atoms with E-state index >= 15 is 0 Å². The fourth-order valence-corrected chi connectivity index (χ4v) is 3.34. The highest BCUT2D eigenvalue weighted by Gasteiger charge is 2.34. The number of pyridine rings is 1. The van der Waals surface area contributed by atoms with Gasteiger partial charge in [-0.25, -0.2) is 4.98 Å². The van der Waals surface area contributed by atoms with Crippen LogP contribution < -0.4 is 5.32 Å². The van der Waals surface area contributed by atoms with Crippen molar-refractivity contribution >= 4 is 22.2 Å². The number of thiazole rings is 1. The van der Waals surface area contributed by atoms with Crippen molar-refractivity contribution in [2.45, 2.75) is 25.8 Å². The summed E-state index contributed by atoms with van der Waals surface area (Å²) in [5, 5.41) is 5.07. The van der Waals surface area contributed by atoms with Crippen LogP contribution in [0.5, 0.6) is 0 Å². The molecule has 1 atom stereocenters. The number of hydrogen-bond acceptors (Lipinski definition) is 4. The van der Waals surface area contributed by atoms with Crippen molar-refractivity contribution in [3.63, 3.8) is 0 Å². The molecule has 6 heteroatoms. The van der Waals surface area contributed by atoms with Crippen molar-refractivity contribution in [2.24, 2.45) is 5.92 Å². The topological polar surface area (TPSA) is 59.3 Å². The van der Waals surface area contributed by atoms with Gasteiger partial charge in [-0.2, -0.15) is 0 Å². The average Bonchev–Trinajstić information content (AvgIpc) is 3.10. The van der Waals surface area contributed by atoms with Crippen molar-refractivity contribution in [2.75, 3.05) is 0 Å². The van der Waals surface area contributed by atoms with E-state index in [1.807, 2.05) is 29.0 Å². The van der Waals surface area contributed by atoms with Gasteiger partial charge in [0, 0.05) is 24.0 Å². The summed E-state index contributed by atoms with van der Waals surface area (Å²) in [6, 6.07) is 4.00. The zero-order valence-corrected chi connectivity index (χ0v) is 13.0. The highest BCUT2D eigenvalue weighted by molar-refractivity contribution is 7.15. The van der Waals surface area contributed by atoms with E-state index in [-0.39, 0.29) is 11.9 Å². The minimum Gasteiger partial charge on any atom is -0.342 e. The summed E-state index contributed by atoms with van der Waals surface area (Å²) in [6.07, 6.45) is 7.76. The number of nitrogens with zero attached hydrogens (tertiary/aromatic N) is 3. The monoisotopic (exact) mass is 312 g/mol. The van der Waals surface area contributed by atoms with E-state index in [0.717, 1.165) is 29.1 Å². The Morgan fingerprint density at radius 1 is 1.50 bits per heavy atom. The molecular weight excluding hydrogens is 296 g/mol. The van der Waals surface area contributed by atoms with E-state index in [1.165, 1.54) is 11.3 Å². The van der Waals surface area contributed by atoms with Crippen LogP contribution in [0.1, 0.15) is 40.6 Å². The molecule has 3 aromatic rings. The lowest BCUT2D eigenvalue weighted by atomic mass is 10.1. The van der Waals surface area contributed by atoms with Crippen LogP contribution in [0.15, 0.2) is 36.1 Å². The van der Waals surface area contributed by atoms with Crippen molar-refractivity contribution in [3.8, 4) is 0 Å². The van der Waals surface area contributed by atoms with Crippen molar-refractivity contribution < 1.29 is 4.79 Å². The van der Waals surface area contributed by atoms with Gasteiger partial charge in [-0.05, 0) is 43.4 Å². The highest BCUT2D eigenvalue weighted by atomic mass is 32.1. The zero-order valence-electron chi connectivity index (χ0n) is 12.2. The first-order chi connectivity index (χ1) is 10.7. The normalized spacial score (nSPS) is 15.9. The van der Waals surface area contributed by atoms with Gasteiger partial charge in [0.1, 0.15) is 5.69 Å². The van der Waals surface area contributed by atoms with Gasteiger partial charge in [-0.3, -0.25) is 14.2 Å². The Labute approximate surface area is 132 Å². The predicted octanol–water partition coefficient (Wildman–Crippen LogP) is 2.98. The lowest BCUT2D eigenvalue weighted by Gasteiger charge is -2.17. The molecule has 4 rings (SSSR count). The number of imidazole rings is 1. The van der Waals surface area contributed by atoms with Crippen molar-refractivity contribution in [1.82, 2.24) is 19.7 Å². The summed E-state index contributed by atoms with van der Waals surface area (Å²) in [5.74, 6) is 0.359. The second-order valence-electron chi connectivity index (χ2n) is 5.77. The molecule has 3 aromatic heterocycles. The van der Waals surface area contributed by atoms with Gasteiger partial charge in [0.15, 0.2) is 4.96 Å². The first-order valence-corrected chi connectivity index (χ1v) is 8.24. The number of aromatic nitrogens is 3. The molecule has 0 unspecified atom stereocenters. The molecular formula is C16H16N4OS. The number of carbonyl (C=O) groups is 1. The SMILES string of the molecule is Cc1ccnc([C@H](NC(=O)c2cn3ccsc3n2)C2CC2)c1. The number of carbonyl (C=O) groups excluding carboxylic acids is 1. The fraction of sp³-hybridized carbons (Fsp3) is 0.312. The number of rotatable bonds is 4. The van der Waals surface area contributed by atoms with Crippen LogP contribution in [0.25, 0.3) is 4.96 Å². The van der Waals surface area contributed by atoms with E-state index < -0.39 is 0 Å². The number of amides is 1. The third-order valence-electron chi connectivity index (χ3n) is 3.96. The molecule has 0 radical (unpaired) electrons. The van der Waals surface area contributed by atoms with Gasteiger partial charge in [0.25, 0.3) is 5.91 Å². The minimum absolute atomic E-state index is 0.0212. The van der Waals surface area contributed by atoms with Gasteiger partial charge >= 0.3 is 0 Å². The van der Waals surface area contributed by atoms with E-state index in [4.69, 9.17) is 0 Å². The second-order valence-corrected chi connectivity index (χ2v) is 6.64. The average molecular weight is 312 g/mol. The molecule has 0 aromatic carbocycles. The first-order valence-electron chi connectivity index (χ1n) is 7.36. The summed E-state index contributed by atoms with van der Waals surface area (Å²) in [6.45, 7) is 2.04. The predicted molar refractivity (Wildman–Crippen MR) is 85.0 cm³/mol. The lowest BCUT2D eigenvalue weighted by molar-refractivity contribution is 0.0926. The Morgan fingerprint density at radius 2 is 2.36 bits per heavy atom. The Balaban J connectivity index is 1.59. The number of aryl methyl sites for hydroxylation is 1. The van der Waals surface area contributed by atoms with Gasteiger partial charge in [-0.1, -0.05) is 0 Å². The molecule has 1 fully saturated rings. The molecule has 0 aliphatic heterocycles. The summed E-state index contributed by atoms with van der Waals surface area (Å²) < 4.78 is 1.87. The molecule has 0 bridgehead atoms. The van der Waals surface area contributed by atoms with Crippen LogP contribution >= 0.6 is 11.3 Å². The molecule has 1 saturated carbocycles.